The van der Waals surface area contributed by atoms with Crippen molar-refractivity contribution in [3.05, 3.63) is 36.7 Å². The molecular weight excluding hydrogens is 238 g/mol. The van der Waals surface area contributed by atoms with Crippen LogP contribution in [0.25, 0.3) is 10.8 Å². The van der Waals surface area contributed by atoms with Gasteiger partial charge in [-0.15, -0.1) is 0 Å². The summed E-state index contributed by atoms with van der Waals surface area (Å²) >= 11 is 0. The first kappa shape index (κ1) is 12.1. The van der Waals surface area contributed by atoms with Crippen LogP contribution in [0.5, 0.6) is 0 Å². The van der Waals surface area contributed by atoms with Crippen molar-refractivity contribution in [3.63, 3.8) is 0 Å². The molecule has 19 heavy (non-hydrogen) atoms. The molecule has 1 saturated heterocycles. The van der Waals surface area contributed by atoms with Crippen molar-refractivity contribution in [1.29, 1.82) is 0 Å². The van der Waals surface area contributed by atoms with Gasteiger partial charge in [-0.3, -0.25) is 9.78 Å². The molecule has 2 atom stereocenters. The molecular formula is C15H17N3O. The number of nitrogens with one attached hydrogen (secondary N) is 2. The molecule has 2 N–H and O–H groups in total. The third kappa shape index (κ3) is 2.31. The first-order chi connectivity index (χ1) is 9.25. The second-order valence-corrected chi connectivity index (χ2v) is 5.03. The smallest absolute Gasteiger partial charge is 0.229 e. The van der Waals surface area contributed by atoms with Crippen molar-refractivity contribution in [2.24, 2.45) is 5.92 Å². The number of nitrogens with zero attached hydrogens (tertiary/aromatic N) is 1. The first-order valence-corrected chi connectivity index (χ1v) is 6.63. The van der Waals surface area contributed by atoms with Gasteiger partial charge in [-0.05, 0) is 37.4 Å². The van der Waals surface area contributed by atoms with Gasteiger partial charge in [0.15, 0.2) is 0 Å². The van der Waals surface area contributed by atoms with Gasteiger partial charge in [0.25, 0.3) is 0 Å². The summed E-state index contributed by atoms with van der Waals surface area (Å²) < 4.78 is 0. The molecule has 4 heteroatoms. The Kier molecular flexibility index (Phi) is 3.17. The minimum Gasteiger partial charge on any atom is -0.325 e. The number of rotatable bonds is 2. The predicted octanol–water partition coefficient (Wildman–Crippen LogP) is 2.17. The lowest BCUT2D eigenvalue weighted by Gasteiger charge is -2.15. The van der Waals surface area contributed by atoms with E-state index in [-0.39, 0.29) is 17.9 Å². The number of benzene rings is 1. The van der Waals surface area contributed by atoms with Gasteiger partial charge in [-0.1, -0.05) is 12.1 Å². The Morgan fingerprint density at radius 3 is 3.11 bits per heavy atom. The number of hydrogen-bond acceptors (Lipinski definition) is 3. The highest BCUT2D eigenvalue weighted by Crippen LogP contribution is 2.24. The second kappa shape index (κ2) is 4.97. The van der Waals surface area contributed by atoms with Gasteiger partial charge in [0.05, 0.1) is 11.6 Å². The Morgan fingerprint density at radius 1 is 1.42 bits per heavy atom. The zero-order valence-corrected chi connectivity index (χ0v) is 10.9. The highest BCUT2D eigenvalue weighted by Gasteiger charge is 2.29. The standard InChI is InChI=1S/C15H17N3O/c1-10-12(6-8-17-10)15(19)18-14-4-2-3-11-5-7-16-9-13(11)14/h2-5,7,9-10,12,17H,6,8H2,1H3,(H,18,19). The van der Waals surface area contributed by atoms with E-state index in [4.69, 9.17) is 0 Å². The summed E-state index contributed by atoms with van der Waals surface area (Å²) in [5, 5.41) is 8.41. The quantitative estimate of drug-likeness (QED) is 0.864. The van der Waals surface area contributed by atoms with Crippen molar-refractivity contribution in [2.45, 2.75) is 19.4 Å². The van der Waals surface area contributed by atoms with Crippen molar-refractivity contribution < 1.29 is 4.79 Å². The number of hydrogen-bond donors (Lipinski definition) is 2. The number of aromatic nitrogens is 1. The molecule has 0 radical (unpaired) electrons. The van der Waals surface area contributed by atoms with Crippen LogP contribution in [0.4, 0.5) is 5.69 Å². The largest absolute Gasteiger partial charge is 0.325 e. The average molecular weight is 255 g/mol. The number of carbonyl (C=O) groups is 1. The summed E-state index contributed by atoms with van der Waals surface area (Å²) in [4.78, 5) is 16.4. The van der Waals surface area contributed by atoms with Crippen LogP contribution in [0.2, 0.25) is 0 Å². The number of anilines is 1. The van der Waals surface area contributed by atoms with Crippen LogP contribution in [0.3, 0.4) is 0 Å². The molecule has 0 saturated carbocycles. The van der Waals surface area contributed by atoms with Crippen LogP contribution in [0.15, 0.2) is 36.7 Å². The van der Waals surface area contributed by atoms with Crippen LogP contribution in [0, 0.1) is 5.92 Å². The predicted molar refractivity (Wildman–Crippen MR) is 75.9 cm³/mol. The van der Waals surface area contributed by atoms with Gasteiger partial charge >= 0.3 is 0 Å². The van der Waals surface area contributed by atoms with Crippen molar-refractivity contribution in [3.8, 4) is 0 Å². The minimum absolute atomic E-state index is 0.0481. The molecule has 1 aromatic carbocycles. The highest BCUT2D eigenvalue weighted by molar-refractivity contribution is 6.02. The van der Waals surface area contributed by atoms with Gasteiger partial charge in [0, 0.05) is 23.8 Å². The lowest BCUT2D eigenvalue weighted by atomic mass is 10.0. The van der Waals surface area contributed by atoms with E-state index in [2.05, 4.69) is 22.5 Å². The van der Waals surface area contributed by atoms with Gasteiger partial charge in [-0.2, -0.15) is 0 Å². The average Bonchev–Trinajstić information content (AvgIpc) is 2.85. The number of carbonyl (C=O) groups excluding carboxylic acids is 1. The Morgan fingerprint density at radius 2 is 2.32 bits per heavy atom. The van der Waals surface area contributed by atoms with Gasteiger partial charge in [-0.25, -0.2) is 0 Å². The summed E-state index contributed by atoms with van der Waals surface area (Å²) in [5.74, 6) is 0.140. The molecule has 1 fully saturated rings. The molecule has 2 heterocycles. The maximum atomic E-state index is 12.3. The van der Waals surface area contributed by atoms with Crippen molar-refractivity contribution in [2.75, 3.05) is 11.9 Å². The molecule has 0 bridgehead atoms. The maximum absolute atomic E-state index is 12.3. The molecule has 1 aliphatic heterocycles. The Labute approximate surface area is 112 Å². The summed E-state index contributed by atoms with van der Waals surface area (Å²) in [6.45, 7) is 2.97. The van der Waals surface area contributed by atoms with E-state index in [1.54, 1.807) is 12.4 Å². The second-order valence-electron chi connectivity index (χ2n) is 5.03. The maximum Gasteiger partial charge on any atom is 0.229 e. The van der Waals surface area contributed by atoms with Gasteiger partial charge < -0.3 is 10.6 Å². The number of pyridine rings is 1. The van der Waals surface area contributed by atoms with Crippen LogP contribution >= 0.6 is 0 Å². The fraction of sp³-hybridized carbons (Fsp3) is 0.333. The SMILES string of the molecule is CC1NCCC1C(=O)Nc1cccc2ccncc12. The van der Waals surface area contributed by atoms with Crippen molar-refractivity contribution >= 4 is 22.4 Å². The minimum atomic E-state index is 0.0481. The number of fused-ring (bicyclic) bond motifs is 1. The lowest BCUT2D eigenvalue weighted by Crippen LogP contribution is -2.32. The Balaban J connectivity index is 1.87. The lowest BCUT2D eigenvalue weighted by molar-refractivity contribution is -0.119. The molecule has 2 unspecified atom stereocenters. The van der Waals surface area contributed by atoms with E-state index in [0.717, 1.165) is 29.4 Å². The van der Waals surface area contributed by atoms with E-state index >= 15 is 0 Å². The molecule has 0 aliphatic carbocycles. The van der Waals surface area contributed by atoms with Gasteiger partial charge in [0.2, 0.25) is 5.91 Å². The molecule has 98 valence electrons. The van der Waals surface area contributed by atoms with Crippen LogP contribution in [0.1, 0.15) is 13.3 Å². The Bertz CT molecular complexity index is 606. The van der Waals surface area contributed by atoms with Crippen LogP contribution in [-0.2, 0) is 4.79 Å². The molecule has 2 aromatic rings. The van der Waals surface area contributed by atoms with Crippen molar-refractivity contribution in [1.82, 2.24) is 10.3 Å². The highest BCUT2D eigenvalue weighted by atomic mass is 16.1. The topological polar surface area (TPSA) is 54.0 Å². The molecule has 1 amide bonds. The molecule has 3 rings (SSSR count). The zero-order valence-electron chi connectivity index (χ0n) is 10.9. The zero-order chi connectivity index (χ0) is 13.2. The summed E-state index contributed by atoms with van der Waals surface area (Å²) in [5.41, 5.74) is 0.842. The summed E-state index contributed by atoms with van der Waals surface area (Å²) in [7, 11) is 0. The van der Waals surface area contributed by atoms with E-state index in [1.807, 2.05) is 24.3 Å². The van der Waals surface area contributed by atoms with E-state index in [9.17, 15) is 4.79 Å². The molecule has 0 spiro atoms. The third-order valence-electron chi connectivity index (χ3n) is 3.80. The van der Waals surface area contributed by atoms with Crippen LogP contribution in [-0.4, -0.2) is 23.5 Å². The van der Waals surface area contributed by atoms with E-state index in [1.165, 1.54) is 0 Å². The third-order valence-corrected chi connectivity index (χ3v) is 3.80. The molecule has 1 aliphatic rings. The number of amides is 1. The normalized spacial score (nSPS) is 22.6. The fourth-order valence-corrected chi connectivity index (χ4v) is 2.66. The molecule has 4 nitrogen and oxygen atoms in total. The summed E-state index contributed by atoms with van der Waals surface area (Å²) in [6, 6.07) is 8.09. The monoisotopic (exact) mass is 255 g/mol. The van der Waals surface area contributed by atoms with Crippen LogP contribution < -0.4 is 10.6 Å². The van der Waals surface area contributed by atoms with E-state index < -0.39 is 0 Å². The first-order valence-electron chi connectivity index (χ1n) is 6.63. The molecule has 1 aromatic heterocycles. The summed E-state index contributed by atoms with van der Waals surface area (Å²) in [6.07, 6.45) is 4.45. The fourth-order valence-electron chi connectivity index (χ4n) is 2.66. The van der Waals surface area contributed by atoms with E-state index in [0.29, 0.717) is 0 Å². The van der Waals surface area contributed by atoms with Gasteiger partial charge in [0.1, 0.15) is 0 Å². The Hall–Kier alpha value is -1.94.